The second-order valence-electron chi connectivity index (χ2n) is 7.43. The number of alkyl carbamates (subject to hydrolysis) is 1. The number of piperidine rings is 1. The lowest BCUT2D eigenvalue weighted by Crippen LogP contribution is -2.56. The van der Waals surface area contributed by atoms with Crippen LogP contribution < -0.4 is 10.6 Å². The van der Waals surface area contributed by atoms with E-state index in [1.54, 1.807) is 0 Å². The van der Waals surface area contributed by atoms with Gasteiger partial charge in [-0.15, -0.1) is 6.42 Å². The molecule has 2 rings (SSSR count). The molecule has 0 aromatic carbocycles. The van der Waals surface area contributed by atoms with E-state index in [1.165, 1.54) is 0 Å². The number of nitrogens with zero attached hydrogens (tertiary/aromatic N) is 1. The van der Waals surface area contributed by atoms with Crippen molar-refractivity contribution in [3.63, 3.8) is 0 Å². The number of likely N-dealkylation sites (tertiary alicyclic amines) is 1. The molecule has 1 saturated carbocycles. The van der Waals surface area contributed by atoms with Gasteiger partial charge in [-0.25, -0.2) is 4.79 Å². The molecule has 1 aliphatic carbocycles. The van der Waals surface area contributed by atoms with Crippen molar-refractivity contribution in [1.29, 1.82) is 0 Å². The summed E-state index contributed by atoms with van der Waals surface area (Å²) in [5.41, 5.74) is -0.433. The molecule has 0 spiro atoms. The number of rotatable bonds is 4. The molecule has 124 valence electrons. The molecule has 2 fully saturated rings. The van der Waals surface area contributed by atoms with Gasteiger partial charge in [-0.2, -0.15) is 0 Å². The molecular formula is C17H29N3O2. The van der Waals surface area contributed by atoms with E-state index in [-0.39, 0.29) is 12.1 Å². The Morgan fingerprint density at radius 3 is 2.41 bits per heavy atom. The number of amides is 1. The maximum atomic E-state index is 11.7. The molecule has 1 saturated heterocycles. The van der Waals surface area contributed by atoms with Gasteiger partial charge < -0.3 is 15.4 Å². The summed E-state index contributed by atoms with van der Waals surface area (Å²) in [4.78, 5) is 14.0. The monoisotopic (exact) mass is 307 g/mol. The number of ether oxygens (including phenoxy) is 1. The Balaban J connectivity index is 1.58. The largest absolute Gasteiger partial charge is 0.444 e. The highest BCUT2D eigenvalue weighted by atomic mass is 16.6. The van der Waals surface area contributed by atoms with Crippen LogP contribution in [-0.2, 0) is 4.74 Å². The highest BCUT2D eigenvalue weighted by Crippen LogP contribution is 2.23. The second-order valence-corrected chi connectivity index (χ2v) is 7.43. The summed E-state index contributed by atoms with van der Waals surface area (Å²) in [7, 11) is 0. The van der Waals surface area contributed by atoms with Crippen LogP contribution in [0, 0.1) is 12.3 Å². The first-order valence-corrected chi connectivity index (χ1v) is 8.27. The summed E-state index contributed by atoms with van der Waals surface area (Å²) in [5.74, 6) is 2.71. The first kappa shape index (κ1) is 17.1. The molecule has 0 aromatic heterocycles. The third-order valence-electron chi connectivity index (χ3n) is 4.23. The lowest BCUT2D eigenvalue weighted by molar-refractivity contribution is 0.0460. The van der Waals surface area contributed by atoms with Crippen molar-refractivity contribution < 1.29 is 9.53 Å². The predicted molar refractivity (Wildman–Crippen MR) is 87.6 cm³/mol. The molecule has 5 heteroatoms. The van der Waals surface area contributed by atoms with E-state index in [0.29, 0.717) is 12.1 Å². The Hall–Kier alpha value is -1.25. The summed E-state index contributed by atoms with van der Waals surface area (Å²) >= 11 is 0. The standard InChI is InChI=1S/C17H29N3O2/c1-5-8-20-9-6-13(7-10-20)18-14-11-15(12-14)19-16(21)22-17(2,3)4/h1,13-15,18H,6-12H2,2-4H3,(H,19,21). The number of carbonyl (C=O) groups excluding carboxylic acids is 1. The van der Waals surface area contributed by atoms with Crippen LogP contribution in [0.15, 0.2) is 0 Å². The fraction of sp³-hybridized carbons (Fsp3) is 0.824. The average molecular weight is 307 g/mol. The van der Waals surface area contributed by atoms with Gasteiger partial charge in [-0.1, -0.05) is 5.92 Å². The molecular weight excluding hydrogens is 278 g/mol. The number of nitrogens with one attached hydrogen (secondary N) is 2. The summed E-state index contributed by atoms with van der Waals surface area (Å²) in [6.45, 7) is 8.55. The fourth-order valence-corrected chi connectivity index (χ4v) is 3.07. The van der Waals surface area contributed by atoms with E-state index in [2.05, 4.69) is 21.5 Å². The topological polar surface area (TPSA) is 53.6 Å². The normalized spacial score (nSPS) is 26.8. The molecule has 0 aromatic rings. The van der Waals surface area contributed by atoms with Gasteiger partial charge in [0.05, 0.1) is 6.54 Å². The zero-order chi connectivity index (χ0) is 16.2. The van der Waals surface area contributed by atoms with E-state index in [4.69, 9.17) is 11.2 Å². The molecule has 0 atom stereocenters. The number of hydrogen-bond donors (Lipinski definition) is 2. The summed E-state index contributed by atoms with van der Waals surface area (Å²) in [6.07, 6.45) is 9.33. The van der Waals surface area contributed by atoms with Gasteiger partial charge in [0.15, 0.2) is 0 Å². The van der Waals surface area contributed by atoms with Gasteiger partial charge in [0.25, 0.3) is 0 Å². The SMILES string of the molecule is C#CCN1CCC(NC2CC(NC(=O)OC(C)(C)C)C2)CC1. The minimum absolute atomic E-state index is 0.244. The first-order valence-electron chi connectivity index (χ1n) is 8.27. The predicted octanol–water partition coefficient (Wildman–Crippen LogP) is 1.73. The summed E-state index contributed by atoms with van der Waals surface area (Å²) in [5, 5.41) is 6.63. The van der Waals surface area contributed by atoms with E-state index < -0.39 is 5.60 Å². The molecule has 0 radical (unpaired) electrons. The van der Waals surface area contributed by atoms with E-state index in [9.17, 15) is 4.79 Å². The van der Waals surface area contributed by atoms with Crippen LogP contribution in [0.1, 0.15) is 46.5 Å². The molecule has 1 aliphatic heterocycles. The van der Waals surface area contributed by atoms with Crippen LogP contribution in [0.2, 0.25) is 0 Å². The number of terminal acetylenes is 1. The quantitative estimate of drug-likeness (QED) is 0.777. The molecule has 1 heterocycles. The van der Waals surface area contributed by atoms with Gasteiger partial charge in [-0.3, -0.25) is 4.90 Å². The van der Waals surface area contributed by atoms with Crippen LogP contribution in [0.4, 0.5) is 4.79 Å². The highest BCUT2D eigenvalue weighted by Gasteiger charge is 2.33. The van der Waals surface area contributed by atoms with Gasteiger partial charge in [0.1, 0.15) is 5.60 Å². The smallest absolute Gasteiger partial charge is 0.407 e. The van der Waals surface area contributed by atoms with E-state index >= 15 is 0 Å². The molecule has 1 amide bonds. The Labute approximate surface area is 134 Å². The van der Waals surface area contributed by atoms with Crippen molar-refractivity contribution in [3.8, 4) is 12.3 Å². The zero-order valence-corrected chi connectivity index (χ0v) is 14.0. The van der Waals surface area contributed by atoms with Crippen LogP contribution in [0.25, 0.3) is 0 Å². The molecule has 2 aliphatic rings. The van der Waals surface area contributed by atoms with Crippen molar-refractivity contribution in [2.75, 3.05) is 19.6 Å². The lowest BCUT2D eigenvalue weighted by atomic mass is 9.85. The van der Waals surface area contributed by atoms with Crippen LogP contribution in [0.3, 0.4) is 0 Å². The van der Waals surface area contributed by atoms with Crippen molar-refractivity contribution in [2.24, 2.45) is 0 Å². The highest BCUT2D eigenvalue weighted by molar-refractivity contribution is 5.68. The molecule has 0 unspecified atom stereocenters. The van der Waals surface area contributed by atoms with Crippen LogP contribution in [-0.4, -0.2) is 54.4 Å². The fourth-order valence-electron chi connectivity index (χ4n) is 3.07. The Bertz CT molecular complexity index is 411. The Morgan fingerprint density at radius 2 is 1.86 bits per heavy atom. The van der Waals surface area contributed by atoms with Crippen molar-refractivity contribution >= 4 is 6.09 Å². The first-order chi connectivity index (χ1) is 10.4. The van der Waals surface area contributed by atoms with Crippen LogP contribution in [0.5, 0.6) is 0 Å². The third-order valence-corrected chi connectivity index (χ3v) is 4.23. The van der Waals surface area contributed by atoms with E-state index in [0.717, 1.165) is 45.3 Å². The molecule has 2 N–H and O–H groups in total. The van der Waals surface area contributed by atoms with E-state index in [1.807, 2.05) is 20.8 Å². The number of carbonyl (C=O) groups is 1. The van der Waals surface area contributed by atoms with Gasteiger partial charge in [0, 0.05) is 31.2 Å². The van der Waals surface area contributed by atoms with Gasteiger partial charge in [-0.05, 0) is 46.5 Å². The minimum atomic E-state index is -0.433. The molecule has 0 bridgehead atoms. The van der Waals surface area contributed by atoms with Gasteiger partial charge >= 0.3 is 6.09 Å². The zero-order valence-electron chi connectivity index (χ0n) is 14.0. The van der Waals surface area contributed by atoms with Gasteiger partial charge in [0.2, 0.25) is 0 Å². The van der Waals surface area contributed by atoms with Crippen molar-refractivity contribution in [3.05, 3.63) is 0 Å². The third kappa shape index (κ3) is 5.51. The summed E-state index contributed by atoms with van der Waals surface area (Å²) in [6, 6.07) is 1.35. The molecule has 22 heavy (non-hydrogen) atoms. The lowest BCUT2D eigenvalue weighted by Gasteiger charge is -2.41. The van der Waals surface area contributed by atoms with Crippen LogP contribution >= 0.6 is 0 Å². The maximum Gasteiger partial charge on any atom is 0.407 e. The van der Waals surface area contributed by atoms with Crippen molar-refractivity contribution in [2.45, 2.75) is 70.2 Å². The average Bonchev–Trinajstić information content (AvgIpc) is 2.36. The maximum absolute atomic E-state index is 11.7. The Morgan fingerprint density at radius 1 is 1.23 bits per heavy atom. The minimum Gasteiger partial charge on any atom is -0.444 e. The second kappa shape index (κ2) is 7.34. The van der Waals surface area contributed by atoms with Crippen molar-refractivity contribution in [1.82, 2.24) is 15.5 Å². The summed E-state index contributed by atoms with van der Waals surface area (Å²) < 4.78 is 5.27. The molecule has 5 nitrogen and oxygen atoms in total. The number of hydrogen-bond acceptors (Lipinski definition) is 4. The Kier molecular flexibility index (Phi) is 5.71.